The topological polar surface area (TPSA) is 294 Å². The van der Waals surface area contributed by atoms with Crippen LogP contribution >= 0.6 is 0 Å². The Bertz CT molecular complexity index is 2310. The van der Waals surface area contributed by atoms with E-state index in [0.29, 0.717) is 17.4 Å². The number of nitrogens with two attached hydrogens (primary N) is 2. The van der Waals surface area contributed by atoms with Gasteiger partial charge in [-0.25, -0.2) is 29.1 Å². The van der Waals surface area contributed by atoms with Crippen molar-refractivity contribution in [3.8, 4) is 0 Å². The van der Waals surface area contributed by atoms with Crippen molar-refractivity contribution in [2.45, 2.75) is 77.0 Å². The van der Waals surface area contributed by atoms with Crippen molar-refractivity contribution in [3.05, 3.63) is 144 Å². The Balaban J connectivity index is 1.32. The highest BCUT2D eigenvalue weighted by Gasteiger charge is 2.25. The van der Waals surface area contributed by atoms with Gasteiger partial charge in [0.15, 0.2) is 5.96 Å². The number of hydrogen-bond donors (Lipinski definition) is 6. The molecule has 0 aliphatic carbocycles. The highest BCUT2D eigenvalue weighted by Crippen LogP contribution is 2.10. The Morgan fingerprint density at radius 1 is 0.629 bits per heavy atom. The van der Waals surface area contributed by atoms with E-state index in [0.717, 1.165) is 16.0 Å². The van der Waals surface area contributed by atoms with Gasteiger partial charge in [0.05, 0.1) is 19.2 Å². The molecule has 0 heterocycles. The molecule has 0 aliphatic heterocycles. The van der Waals surface area contributed by atoms with E-state index in [4.69, 9.17) is 35.5 Å². The summed E-state index contributed by atoms with van der Waals surface area (Å²) in [6.07, 6.45) is -1.77. The maximum atomic E-state index is 13.6. The van der Waals surface area contributed by atoms with Crippen LogP contribution in [0.4, 0.5) is 14.4 Å². The van der Waals surface area contributed by atoms with E-state index in [1.807, 2.05) is 48.5 Å². The molecule has 6 amide bonds. The van der Waals surface area contributed by atoms with Crippen LogP contribution in [-0.4, -0.2) is 97.4 Å². The first-order chi connectivity index (χ1) is 34.0. The van der Waals surface area contributed by atoms with Gasteiger partial charge in [0.2, 0.25) is 23.7 Å². The standard InChI is InChI=1S/C49H59N9O12/c50-45(56-47(63)66-32-36-16-5-1-6-17-36)52-27-13-24-40(31-59)54-43(61)30-53-44(62)41(55-42(60)26-15-29-69-70-35-39-22-11-4-12-23-39)25-14-28-58(49(65)68-34-38-20-9-3-10-21-38)46(51)57-48(64)67-33-37-18-7-2-8-19-37/h1-12,16-23,31,40-41H,13-15,24-30,32-35H2,(H,53,62)(H,54,61)(H,55,60)(H2,51,57,64)(H3,50,52,56,63)/t40-,41+/m0/s1. The summed E-state index contributed by atoms with van der Waals surface area (Å²) in [5.41, 5.74) is 15.0. The first-order valence-corrected chi connectivity index (χ1v) is 22.4. The number of aldehydes is 1. The van der Waals surface area contributed by atoms with Crippen LogP contribution in [0.5, 0.6) is 0 Å². The number of rotatable bonds is 27. The van der Waals surface area contributed by atoms with Crippen molar-refractivity contribution in [2.24, 2.45) is 21.5 Å². The van der Waals surface area contributed by atoms with E-state index in [1.54, 1.807) is 72.8 Å². The molecule has 0 bridgehead atoms. The minimum atomic E-state index is -1.24. The fourth-order valence-electron chi connectivity index (χ4n) is 6.16. The SMILES string of the molecule is NC(=NCCC[C@@H](C=O)NC(=O)CNC(=O)[C@@H](CCCN(C(=O)OCc1ccccc1)C(N)=NC(=O)OCc1ccccc1)NC(=O)CCCOOCc1ccccc1)NC(=O)OCc1ccccc1. The van der Waals surface area contributed by atoms with Crippen LogP contribution in [0.2, 0.25) is 0 Å². The van der Waals surface area contributed by atoms with E-state index >= 15 is 0 Å². The second-order valence-electron chi connectivity index (χ2n) is 15.3. The Hall–Kier alpha value is -8.17. The molecule has 0 saturated carbocycles. The monoisotopic (exact) mass is 965 g/mol. The Kier molecular flexibility index (Phi) is 24.7. The van der Waals surface area contributed by atoms with Crippen molar-refractivity contribution in [1.82, 2.24) is 26.2 Å². The van der Waals surface area contributed by atoms with Crippen LogP contribution < -0.4 is 32.7 Å². The molecule has 2 atom stereocenters. The third-order valence-corrected chi connectivity index (χ3v) is 9.75. The van der Waals surface area contributed by atoms with Gasteiger partial charge in [0.1, 0.15) is 38.8 Å². The van der Waals surface area contributed by atoms with Crippen molar-refractivity contribution >= 4 is 54.2 Å². The first kappa shape index (κ1) is 54.4. The van der Waals surface area contributed by atoms with Crippen LogP contribution in [0.3, 0.4) is 0 Å². The van der Waals surface area contributed by atoms with Gasteiger partial charge in [-0.3, -0.25) is 24.7 Å². The highest BCUT2D eigenvalue weighted by molar-refractivity contribution is 5.98. The second kappa shape index (κ2) is 31.7. The molecule has 0 saturated heterocycles. The summed E-state index contributed by atoms with van der Waals surface area (Å²) in [6, 6.07) is 33.8. The van der Waals surface area contributed by atoms with Crippen LogP contribution in [0.15, 0.2) is 131 Å². The average molecular weight is 966 g/mol. The van der Waals surface area contributed by atoms with Gasteiger partial charge in [-0.05, 0) is 54.4 Å². The number of guanidine groups is 2. The van der Waals surface area contributed by atoms with Crippen LogP contribution in [-0.2, 0) is 69.6 Å². The van der Waals surface area contributed by atoms with Gasteiger partial charge in [-0.15, -0.1) is 4.99 Å². The zero-order valence-electron chi connectivity index (χ0n) is 38.6. The van der Waals surface area contributed by atoms with E-state index in [1.165, 1.54) is 0 Å². The lowest BCUT2D eigenvalue weighted by atomic mass is 10.1. The molecule has 21 nitrogen and oxygen atoms in total. The number of carbonyl (C=O) groups excluding carboxylic acids is 7. The van der Waals surface area contributed by atoms with Crippen LogP contribution in [0.1, 0.15) is 60.8 Å². The molecule has 0 spiro atoms. The van der Waals surface area contributed by atoms with E-state index in [-0.39, 0.29) is 90.6 Å². The third kappa shape index (κ3) is 22.5. The molecule has 0 unspecified atom stereocenters. The molecule has 8 N–H and O–H groups in total. The van der Waals surface area contributed by atoms with Crippen molar-refractivity contribution in [1.29, 1.82) is 0 Å². The maximum absolute atomic E-state index is 13.6. The lowest BCUT2D eigenvalue weighted by Gasteiger charge is -2.23. The molecule has 21 heteroatoms. The molecule has 0 aliphatic rings. The molecule has 4 rings (SSSR count). The number of ether oxygens (including phenoxy) is 3. The summed E-state index contributed by atoms with van der Waals surface area (Å²) < 4.78 is 15.8. The summed E-state index contributed by atoms with van der Waals surface area (Å²) in [6.45, 7) is -0.619. The van der Waals surface area contributed by atoms with Gasteiger partial charge in [-0.1, -0.05) is 121 Å². The van der Waals surface area contributed by atoms with E-state index < -0.39 is 60.6 Å². The van der Waals surface area contributed by atoms with Crippen molar-refractivity contribution in [3.63, 3.8) is 0 Å². The third-order valence-electron chi connectivity index (χ3n) is 9.75. The Morgan fingerprint density at radius 3 is 1.77 bits per heavy atom. The minimum absolute atomic E-state index is 0.00131. The second-order valence-corrected chi connectivity index (χ2v) is 15.3. The number of amides is 6. The predicted octanol–water partition coefficient (Wildman–Crippen LogP) is 4.29. The quantitative estimate of drug-likeness (QED) is 0.00925. The lowest BCUT2D eigenvalue weighted by molar-refractivity contribution is -0.304. The highest BCUT2D eigenvalue weighted by atomic mass is 17.2. The van der Waals surface area contributed by atoms with Gasteiger partial charge in [-0.2, -0.15) is 0 Å². The minimum Gasteiger partial charge on any atom is -0.444 e. The molecular formula is C49H59N9O12. The molecule has 0 radical (unpaired) electrons. The fraction of sp³-hybridized carbons (Fsp3) is 0.327. The predicted molar refractivity (Wildman–Crippen MR) is 256 cm³/mol. The number of benzene rings is 4. The smallest absolute Gasteiger partial charge is 0.437 e. The number of aliphatic imine (C=N–C) groups is 2. The van der Waals surface area contributed by atoms with Crippen molar-refractivity contribution in [2.75, 3.05) is 26.2 Å². The maximum Gasteiger partial charge on any atom is 0.437 e. The largest absolute Gasteiger partial charge is 0.444 e. The number of carbonyl (C=O) groups is 7. The van der Waals surface area contributed by atoms with Gasteiger partial charge < -0.3 is 46.4 Å². The molecule has 372 valence electrons. The van der Waals surface area contributed by atoms with E-state index in [9.17, 15) is 33.6 Å². The first-order valence-electron chi connectivity index (χ1n) is 22.4. The summed E-state index contributed by atoms with van der Waals surface area (Å²) in [7, 11) is 0. The lowest BCUT2D eigenvalue weighted by Crippen LogP contribution is -2.50. The zero-order valence-corrected chi connectivity index (χ0v) is 38.6. The molecule has 4 aromatic rings. The van der Waals surface area contributed by atoms with Gasteiger partial charge >= 0.3 is 18.3 Å². The Labute approximate surface area is 405 Å². The zero-order chi connectivity index (χ0) is 50.2. The normalized spacial score (nSPS) is 12.1. The fourth-order valence-corrected chi connectivity index (χ4v) is 6.16. The molecule has 70 heavy (non-hydrogen) atoms. The average Bonchev–Trinajstić information content (AvgIpc) is 3.37. The van der Waals surface area contributed by atoms with Crippen LogP contribution in [0, 0.1) is 0 Å². The van der Waals surface area contributed by atoms with E-state index in [2.05, 4.69) is 31.3 Å². The molecule has 0 fully saturated rings. The Morgan fingerprint density at radius 2 is 1.19 bits per heavy atom. The molecular weight excluding hydrogens is 907 g/mol. The number of nitrogens with zero attached hydrogens (tertiary/aromatic N) is 3. The number of hydrogen-bond acceptors (Lipinski definition) is 13. The molecule has 4 aromatic carbocycles. The summed E-state index contributed by atoms with van der Waals surface area (Å²) in [5, 5.41) is 9.97. The van der Waals surface area contributed by atoms with Crippen molar-refractivity contribution < 1.29 is 57.5 Å². The summed E-state index contributed by atoms with van der Waals surface area (Å²) >= 11 is 0. The van der Waals surface area contributed by atoms with Gasteiger partial charge in [0.25, 0.3) is 0 Å². The summed E-state index contributed by atoms with van der Waals surface area (Å²) in [4.78, 5) is 109. The number of nitrogens with one attached hydrogen (secondary N) is 4. The number of alkyl carbamates (subject to hydrolysis) is 1. The molecule has 0 aromatic heterocycles. The van der Waals surface area contributed by atoms with Crippen LogP contribution in [0.25, 0.3) is 0 Å². The summed E-state index contributed by atoms with van der Waals surface area (Å²) in [5.74, 6) is -2.71. The van der Waals surface area contributed by atoms with Gasteiger partial charge in [0, 0.05) is 19.5 Å².